The number of nitrogens with zero attached hydrogens (tertiary/aromatic N) is 5. The average Bonchev–Trinajstić information content (AvgIpc) is 3.23. The van der Waals surface area contributed by atoms with Crippen molar-refractivity contribution in [3.8, 4) is 5.69 Å². The molecule has 0 saturated heterocycles. The van der Waals surface area contributed by atoms with Crippen LogP contribution in [-0.2, 0) is 23.1 Å². The van der Waals surface area contributed by atoms with E-state index in [1.807, 2.05) is 36.7 Å². The van der Waals surface area contributed by atoms with E-state index in [-0.39, 0.29) is 19.6 Å². The maximum Gasteiger partial charge on any atom is 0.332 e. The van der Waals surface area contributed by atoms with Crippen LogP contribution in [-0.4, -0.2) is 35.7 Å². The molecule has 1 aromatic carbocycles. The van der Waals surface area contributed by atoms with Crippen molar-refractivity contribution in [3.05, 3.63) is 62.1 Å². The lowest BCUT2D eigenvalue weighted by Crippen LogP contribution is -2.39. The van der Waals surface area contributed by atoms with Gasteiger partial charge in [0, 0.05) is 31.2 Å². The quantitative estimate of drug-likeness (QED) is 0.458. The lowest BCUT2D eigenvalue weighted by atomic mass is 10.1. The van der Waals surface area contributed by atoms with E-state index in [4.69, 9.17) is 4.74 Å². The van der Waals surface area contributed by atoms with Crippen LogP contribution in [0.15, 0.2) is 34.0 Å². The van der Waals surface area contributed by atoms with Crippen LogP contribution in [0.5, 0.6) is 0 Å². The minimum Gasteiger partial charge on any atom is -0.466 e. The van der Waals surface area contributed by atoms with E-state index < -0.39 is 17.2 Å². The van der Waals surface area contributed by atoms with Crippen LogP contribution in [0.3, 0.4) is 0 Å². The molecule has 0 N–H and O–H groups in total. The zero-order valence-corrected chi connectivity index (χ0v) is 18.3. The van der Waals surface area contributed by atoms with Gasteiger partial charge >= 0.3 is 11.7 Å². The van der Waals surface area contributed by atoms with Crippen LogP contribution in [0, 0.1) is 20.8 Å². The van der Waals surface area contributed by atoms with Gasteiger partial charge in [-0.25, -0.2) is 4.79 Å². The molecule has 3 heterocycles. The third-order valence-electron chi connectivity index (χ3n) is 5.62. The van der Waals surface area contributed by atoms with Gasteiger partial charge in [0.1, 0.15) is 0 Å². The Kier molecular flexibility index (Phi) is 5.04. The van der Waals surface area contributed by atoms with Crippen LogP contribution in [0.4, 0.5) is 0 Å². The first-order chi connectivity index (χ1) is 14.7. The molecule has 0 saturated carbocycles. The maximum atomic E-state index is 13.2. The number of benzene rings is 1. The van der Waals surface area contributed by atoms with E-state index in [1.54, 1.807) is 18.4 Å². The van der Waals surface area contributed by atoms with Crippen molar-refractivity contribution >= 4 is 22.9 Å². The van der Waals surface area contributed by atoms with Gasteiger partial charge in [-0.05, 0) is 51.0 Å². The number of ether oxygens (including phenoxy) is 1. The molecule has 0 bridgehead atoms. The van der Waals surface area contributed by atoms with Crippen LogP contribution in [0.2, 0.25) is 0 Å². The lowest BCUT2D eigenvalue weighted by Gasteiger charge is -2.08. The van der Waals surface area contributed by atoms with Crippen LogP contribution < -0.4 is 11.2 Å². The summed E-state index contributed by atoms with van der Waals surface area (Å²) in [5, 5.41) is 0. The molecule has 0 aliphatic heterocycles. The molecule has 0 amide bonds. The number of hydrogen-bond donors (Lipinski definition) is 0. The van der Waals surface area contributed by atoms with Gasteiger partial charge in [-0.3, -0.25) is 27.7 Å². The van der Waals surface area contributed by atoms with Gasteiger partial charge in [0.2, 0.25) is 5.78 Å². The summed E-state index contributed by atoms with van der Waals surface area (Å²) in [6.07, 6.45) is 1.78. The Morgan fingerprint density at radius 2 is 1.87 bits per heavy atom. The number of imidazole rings is 2. The number of carbonyl (C=O) groups excluding carboxylic acids is 1. The highest BCUT2D eigenvalue weighted by atomic mass is 16.5. The summed E-state index contributed by atoms with van der Waals surface area (Å²) in [6.45, 7) is 7.94. The molecule has 0 atom stereocenters. The summed E-state index contributed by atoms with van der Waals surface area (Å²) in [5.41, 5.74) is 3.77. The highest BCUT2D eigenvalue weighted by Crippen LogP contribution is 2.22. The van der Waals surface area contributed by atoms with E-state index in [0.717, 1.165) is 21.5 Å². The number of rotatable bonds is 5. The van der Waals surface area contributed by atoms with Gasteiger partial charge in [0.15, 0.2) is 11.2 Å². The molecule has 9 nitrogen and oxygen atoms in total. The van der Waals surface area contributed by atoms with Gasteiger partial charge in [0.05, 0.1) is 13.0 Å². The van der Waals surface area contributed by atoms with Crippen molar-refractivity contribution in [3.63, 3.8) is 0 Å². The molecule has 9 heteroatoms. The molecular formula is C22H25N5O4. The predicted octanol–water partition coefficient (Wildman–Crippen LogP) is 2.02. The second-order valence-electron chi connectivity index (χ2n) is 7.68. The molecule has 0 aliphatic carbocycles. The van der Waals surface area contributed by atoms with Crippen LogP contribution in [0.25, 0.3) is 22.6 Å². The summed E-state index contributed by atoms with van der Waals surface area (Å²) in [6, 6.07) is 6.12. The van der Waals surface area contributed by atoms with Crippen molar-refractivity contribution < 1.29 is 9.53 Å². The summed E-state index contributed by atoms with van der Waals surface area (Å²) < 4.78 is 11.0. The Hall–Kier alpha value is -3.62. The first kappa shape index (κ1) is 20.6. The van der Waals surface area contributed by atoms with Gasteiger partial charge in [-0.2, -0.15) is 4.98 Å². The Bertz CT molecular complexity index is 1450. The fourth-order valence-corrected chi connectivity index (χ4v) is 3.83. The smallest absolute Gasteiger partial charge is 0.332 e. The van der Waals surface area contributed by atoms with E-state index in [0.29, 0.717) is 16.9 Å². The zero-order valence-electron chi connectivity index (χ0n) is 18.3. The Balaban J connectivity index is 1.94. The molecule has 0 unspecified atom stereocenters. The molecule has 3 aromatic heterocycles. The standard InChI is InChI=1S/C22H25N5O4/c1-6-31-17(28)9-10-25-20(29)18-19(24(5)22(25)30)23-21-26(18)12-15(4)27(21)16-8-7-13(2)14(3)11-16/h7-8,11-12H,6,9-10H2,1-5H3. The molecule has 0 aliphatic rings. The monoisotopic (exact) mass is 423 g/mol. The minimum absolute atomic E-state index is 0.0512. The first-order valence-corrected chi connectivity index (χ1v) is 10.2. The number of carbonyl (C=O) groups is 1. The summed E-state index contributed by atoms with van der Waals surface area (Å²) in [4.78, 5) is 42.4. The number of fused-ring (bicyclic) bond motifs is 3. The molecule has 0 spiro atoms. The van der Waals surface area contributed by atoms with Gasteiger partial charge in [-0.15, -0.1) is 0 Å². The highest BCUT2D eigenvalue weighted by Gasteiger charge is 2.21. The van der Waals surface area contributed by atoms with Gasteiger partial charge < -0.3 is 4.74 Å². The zero-order chi connectivity index (χ0) is 22.4. The summed E-state index contributed by atoms with van der Waals surface area (Å²) >= 11 is 0. The first-order valence-electron chi connectivity index (χ1n) is 10.2. The Morgan fingerprint density at radius 1 is 1.13 bits per heavy atom. The largest absolute Gasteiger partial charge is 0.466 e. The van der Waals surface area contributed by atoms with Crippen molar-refractivity contribution in [2.24, 2.45) is 7.05 Å². The highest BCUT2D eigenvalue weighted by molar-refractivity contribution is 5.76. The van der Waals surface area contributed by atoms with Gasteiger partial charge in [0.25, 0.3) is 5.56 Å². The average molecular weight is 423 g/mol. The predicted molar refractivity (Wildman–Crippen MR) is 117 cm³/mol. The lowest BCUT2D eigenvalue weighted by molar-refractivity contribution is -0.143. The van der Waals surface area contributed by atoms with Crippen molar-refractivity contribution in [2.75, 3.05) is 6.61 Å². The number of aryl methyl sites for hydroxylation is 4. The summed E-state index contributed by atoms with van der Waals surface area (Å²) in [5.74, 6) is 0.0951. The normalized spacial score (nSPS) is 11.5. The van der Waals surface area contributed by atoms with E-state index in [9.17, 15) is 14.4 Å². The molecule has 162 valence electrons. The number of hydrogen-bond acceptors (Lipinski definition) is 5. The van der Waals surface area contributed by atoms with Crippen molar-refractivity contribution in [1.29, 1.82) is 0 Å². The second-order valence-corrected chi connectivity index (χ2v) is 7.68. The molecular weight excluding hydrogens is 398 g/mol. The van der Waals surface area contributed by atoms with Crippen molar-refractivity contribution in [2.45, 2.75) is 40.7 Å². The Labute approximate surface area is 178 Å². The minimum atomic E-state index is -0.517. The fourth-order valence-electron chi connectivity index (χ4n) is 3.83. The van der Waals surface area contributed by atoms with Crippen LogP contribution >= 0.6 is 0 Å². The number of aromatic nitrogens is 5. The molecule has 0 radical (unpaired) electrons. The molecule has 4 rings (SSSR count). The van der Waals surface area contributed by atoms with E-state index in [2.05, 4.69) is 18.0 Å². The maximum absolute atomic E-state index is 13.2. The Morgan fingerprint density at radius 3 is 2.55 bits per heavy atom. The van der Waals surface area contributed by atoms with Crippen LogP contribution in [0.1, 0.15) is 30.2 Å². The number of esters is 1. The van der Waals surface area contributed by atoms with E-state index in [1.165, 1.54) is 10.1 Å². The fraction of sp³-hybridized carbons (Fsp3) is 0.364. The summed E-state index contributed by atoms with van der Waals surface area (Å²) in [7, 11) is 1.57. The molecule has 31 heavy (non-hydrogen) atoms. The van der Waals surface area contributed by atoms with Crippen molar-refractivity contribution in [1.82, 2.24) is 23.1 Å². The topological polar surface area (TPSA) is 92.5 Å². The molecule has 0 fully saturated rings. The van der Waals surface area contributed by atoms with Gasteiger partial charge in [-0.1, -0.05) is 6.07 Å². The molecule has 4 aromatic rings. The van der Waals surface area contributed by atoms with E-state index >= 15 is 0 Å². The second kappa shape index (κ2) is 7.57. The third kappa shape index (κ3) is 3.26. The SMILES string of the molecule is CCOC(=O)CCn1c(=O)c2c(nc3n(-c4ccc(C)c(C)c4)c(C)cn23)n(C)c1=O. The third-order valence-corrected chi connectivity index (χ3v) is 5.62.